The molecule has 1 atom stereocenters. The number of benzene rings is 1. The SMILES string of the molecule is Cc1cc(N(C)C2CCCN(C)C2)ccc1CN. The van der Waals surface area contributed by atoms with Crippen LogP contribution in [-0.4, -0.2) is 38.1 Å². The highest BCUT2D eigenvalue weighted by atomic mass is 15.2. The fraction of sp³-hybridized carbons (Fsp3) is 0.600. The van der Waals surface area contributed by atoms with Crippen molar-refractivity contribution in [3.05, 3.63) is 29.3 Å². The topological polar surface area (TPSA) is 32.5 Å². The van der Waals surface area contributed by atoms with Crippen molar-refractivity contribution >= 4 is 5.69 Å². The van der Waals surface area contributed by atoms with Crippen molar-refractivity contribution in [1.82, 2.24) is 4.90 Å². The van der Waals surface area contributed by atoms with Gasteiger partial charge in [-0.25, -0.2) is 0 Å². The molecule has 0 aliphatic carbocycles. The molecule has 1 aliphatic heterocycles. The minimum Gasteiger partial charge on any atom is -0.370 e. The molecule has 18 heavy (non-hydrogen) atoms. The van der Waals surface area contributed by atoms with Crippen molar-refractivity contribution in [2.75, 3.05) is 32.1 Å². The first-order valence-corrected chi connectivity index (χ1v) is 6.83. The lowest BCUT2D eigenvalue weighted by Crippen LogP contribution is -2.45. The molecule has 1 aromatic carbocycles. The van der Waals surface area contributed by atoms with E-state index in [-0.39, 0.29) is 0 Å². The van der Waals surface area contributed by atoms with E-state index < -0.39 is 0 Å². The molecule has 2 N–H and O–H groups in total. The quantitative estimate of drug-likeness (QED) is 0.886. The lowest BCUT2D eigenvalue weighted by atomic mass is 10.0. The standard InChI is InChI=1S/C15H25N3/c1-12-9-14(7-6-13(12)10-16)18(3)15-5-4-8-17(2)11-15/h6-7,9,15H,4-5,8,10-11,16H2,1-3H3. The van der Waals surface area contributed by atoms with Gasteiger partial charge in [-0.15, -0.1) is 0 Å². The maximum absolute atomic E-state index is 5.72. The lowest BCUT2D eigenvalue weighted by Gasteiger charge is -2.37. The van der Waals surface area contributed by atoms with Crippen molar-refractivity contribution in [2.24, 2.45) is 5.73 Å². The first kappa shape index (κ1) is 13.4. The zero-order valence-electron chi connectivity index (χ0n) is 11.8. The van der Waals surface area contributed by atoms with Crippen LogP contribution in [0.25, 0.3) is 0 Å². The van der Waals surface area contributed by atoms with E-state index in [0.717, 1.165) is 6.54 Å². The first-order chi connectivity index (χ1) is 8.61. The van der Waals surface area contributed by atoms with Gasteiger partial charge in [0.25, 0.3) is 0 Å². The Morgan fingerprint density at radius 1 is 1.44 bits per heavy atom. The van der Waals surface area contributed by atoms with Gasteiger partial charge in [0.1, 0.15) is 0 Å². The minimum atomic E-state index is 0.627. The Balaban J connectivity index is 2.12. The summed E-state index contributed by atoms with van der Waals surface area (Å²) in [4.78, 5) is 4.84. The van der Waals surface area contributed by atoms with Crippen LogP contribution in [0.4, 0.5) is 5.69 Å². The molecule has 0 amide bonds. The molecular formula is C15H25N3. The maximum atomic E-state index is 5.72. The fourth-order valence-corrected chi connectivity index (χ4v) is 2.79. The van der Waals surface area contributed by atoms with E-state index in [1.54, 1.807) is 0 Å². The molecule has 0 aromatic heterocycles. The first-order valence-electron chi connectivity index (χ1n) is 6.83. The van der Waals surface area contributed by atoms with Crippen molar-refractivity contribution in [3.8, 4) is 0 Å². The molecular weight excluding hydrogens is 222 g/mol. The summed E-state index contributed by atoms with van der Waals surface area (Å²) in [6.07, 6.45) is 2.59. The summed E-state index contributed by atoms with van der Waals surface area (Å²) in [7, 11) is 4.42. The Labute approximate surface area is 111 Å². The zero-order chi connectivity index (χ0) is 13.1. The van der Waals surface area contributed by atoms with Crippen LogP contribution in [0.1, 0.15) is 24.0 Å². The van der Waals surface area contributed by atoms with Crippen LogP contribution >= 0.6 is 0 Å². The number of aryl methyl sites for hydroxylation is 1. The Morgan fingerprint density at radius 2 is 2.22 bits per heavy atom. The summed E-state index contributed by atoms with van der Waals surface area (Å²) in [5, 5.41) is 0. The summed E-state index contributed by atoms with van der Waals surface area (Å²) in [6.45, 7) is 5.16. The number of likely N-dealkylation sites (N-methyl/N-ethyl adjacent to an activating group) is 2. The third-order valence-corrected chi connectivity index (χ3v) is 4.10. The third kappa shape index (κ3) is 2.85. The largest absolute Gasteiger partial charge is 0.370 e. The average molecular weight is 247 g/mol. The number of anilines is 1. The van der Waals surface area contributed by atoms with E-state index in [9.17, 15) is 0 Å². The second-order valence-corrected chi connectivity index (χ2v) is 5.48. The van der Waals surface area contributed by atoms with E-state index in [1.165, 1.54) is 36.2 Å². The van der Waals surface area contributed by atoms with Crippen LogP contribution in [-0.2, 0) is 6.54 Å². The highest BCUT2D eigenvalue weighted by Crippen LogP contribution is 2.23. The molecule has 1 aliphatic rings. The molecule has 1 heterocycles. The molecule has 3 heteroatoms. The number of piperidine rings is 1. The monoisotopic (exact) mass is 247 g/mol. The third-order valence-electron chi connectivity index (χ3n) is 4.10. The van der Waals surface area contributed by atoms with Crippen LogP contribution < -0.4 is 10.6 Å². The van der Waals surface area contributed by atoms with Gasteiger partial charge in [0.2, 0.25) is 0 Å². The number of likely N-dealkylation sites (tertiary alicyclic amines) is 1. The molecule has 0 saturated carbocycles. The highest BCUT2D eigenvalue weighted by Gasteiger charge is 2.21. The predicted molar refractivity (Wildman–Crippen MR) is 78.0 cm³/mol. The molecule has 1 saturated heterocycles. The Hall–Kier alpha value is -1.06. The molecule has 1 unspecified atom stereocenters. The van der Waals surface area contributed by atoms with Crippen molar-refractivity contribution in [3.63, 3.8) is 0 Å². The molecule has 1 aromatic rings. The summed E-state index contributed by atoms with van der Waals surface area (Å²) in [6, 6.07) is 7.25. The lowest BCUT2D eigenvalue weighted by molar-refractivity contribution is 0.248. The van der Waals surface area contributed by atoms with E-state index >= 15 is 0 Å². The highest BCUT2D eigenvalue weighted by molar-refractivity contribution is 5.51. The van der Waals surface area contributed by atoms with E-state index in [1.807, 2.05) is 0 Å². The van der Waals surface area contributed by atoms with Gasteiger partial charge in [0, 0.05) is 31.9 Å². The van der Waals surface area contributed by atoms with Gasteiger partial charge < -0.3 is 15.5 Å². The Bertz CT molecular complexity index is 403. The second kappa shape index (κ2) is 5.72. The molecule has 0 bridgehead atoms. The van der Waals surface area contributed by atoms with Crippen LogP contribution in [0.2, 0.25) is 0 Å². The maximum Gasteiger partial charge on any atom is 0.0414 e. The van der Waals surface area contributed by atoms with Crippen molar-refractivity contribution in [1.29, 1.82) is 0 Å². The number of hydrogen-bond acceptors (Lipinski definition) is 3. The average Bonchev–Trinajstić information content (AvgIpc) is 2.37. The number of nitrogens with two attached hydrogens (primary N) is 1. The number of hydrogen-bond donors (Lipinski definition) is 1. The van der Waals surface area contributed by atoms with Gasteiger partial charge in [-0.1, -0.05) is 6.07 Å². The smallest absolute Gasteiger partial charge is 0.0414 e. The molecule has 1 fully saturated rings. The normalized spacial score (nSPS) is 21.0. The van der Waals surface area contributed by atoms with Crippen LogP contribution in [0, 0.1) is 6.92 Å². The van der Waals surface area contributed by atoms with Gasteiger partial charge in [0.05, 0.1) is 0 Å². The molecule has 0 spiro atoms. The van der Waals surface area contributed by atoms with Gasteiger partial charge >= 0.3 is 0 Å². The van der Waals surface area contributed by atoms with Crippen LogP contribution in [0.3, 0.4) is 0 Å². The van der Waals surface area contributed by atoms with E-state index in [0.29, 0.717) is 12.6 Å². The molecule has 0 radical (unpaired) electrons. The van der Waals surface area contributed by atoms with Crippen LogP contribution in [0.5, 0.6) is 0 Å². The van der Waals surface area contributed by atoms with Crippen molar-refractivity contribution in [2.45, 2.75) is 32.4 Å². The van der Waals surface area contributed by atoms with Gasteiger partial charge in [-0.2, -0.15) is 0 Å². The van der Waals surface area contributed by atoms with E-state index in [4.69, 9.17) is 5.73 Å². The van der Waals surface area contributed by atoms with E-state index in [2.05, 4.69) is 49.0 Å². The zero-order valence-corrected chi connectivity index (χ0v) is 11.8. The summed E-state index contributed by atoms with van der Waals surface area (Å²) in [5.41, 5.74) is 9.57. The van der Waals surface area contributed by atoms with Gasteiger partial charge in [-0.3, -0.25) is 0 Å². The van der Waals surface area contributed by atoms with Crippen molar-refractivity contribution < 1.29 is 0 Å². The Morgan fingerprint density at radius 3 is 2.83 bits per heavy atom. The molecule has 100 valence electrons. The summed E-state index contributed by atoms with van der Waals surface area (Å²) in [5.74, 6) is 0. The molecule has 3 nitrogen and oxygen atoms in total. The second-order valence-electron chi connectivity index (χ2n) is 5.48. The number of nitrogens with zero attached hydrogens (tertiary/aromatic N) is 2. The minimum absolute atomic E-state index is 0.627. The van der Waals surface area contributed by atoms with Gasteiger partial charge in [-0.05, 0) is 56.6 Å². The van der Waals surface area contributed by atoms with Crippen LogP contribution in [0.15, 0.2) is 18.2 Å². The summed E-state index contributed by atoms with van der Waals surface area (Å²) < 4.78 is 0. The van der Waals surface area contributed by atoms with Gasteiger partial charge in [0.15, 0.2) is 0 Å². The predicted octanol–water partition coefficient (Wildman–Crippen LogP) is 1.98. The Kier molecular flexibility index (Phi) is 4.25. The molecule has 2 rings (SSSR count). The summed E-state index contributed by atoms with van der Waals surface area (Å²) >= 11 is 0. The fourth-order valence-electron chi connectivity index (χ4n) is 2.79. The number of rotatable bonds is 3.